The summed E-state index contributed by atoms with van der Waals surface area (Å²) in [5, 5.41) is 3.24. The van der Waals surface area contributed by atoms with Gasteiger partial charge in [0.1, 0.15) is 5.69 Å². The molecular weight excluding hydrogens is 338 g/mol. The first-order valence-corrected chi connectivity index (χ1v) is 8.28. The predicted octanol–water partition coefficient (Wildman–Crippen LogP) is 3.55. The second-order valence-electron chi connectivity index (χ2n) is 5.18. The Bertz CT molecular complexity index is 905. The summed E-state index contributed by atoms with van der Waals surface area (Å²) >= 11 is 1.40. The number of aromatic nitrogens is 2. The molecule has 25 heavy (non-hydrogen) atoms. The Hall–Kier alpha value is -3.06. The van der Waals surface area contributed by atoms with Crippen LogP contribution < -0.4 is 5.32 Å². The number of amides is 1. The number of hydrogen-bond donors (Lipinski definition) is 1. The summed E-state index contributed by atoms with van der Waals surface area (Å²) in [6.45, 7) is 1.90. The summed E-state index contributed by atoms with van der Waals surface area (Å²) in [4.78, 5) is 33.1. The molecule has 7 heteroatoms. The maximum Gasteiger partial charge on any atom is 0.339 e. The molecule has 0 aliphatic carbocycles. The number of benzene rings is 1. The Morgan fingerprint density at radius 2 is 1.88 bits per heavy atom. The number of methoxy groups -OCH3 is 1. The van der Waals surface area contributed by atoms with Crippen molar-refractivity contribution in [1.29, 1.82) is 0 Å². The molecule has 2 aromatic heterocycles. The number of nitrogens with one attached hydrogen (secondary N) is 1. The number of anilines is 1. The molecule has 0 saturated carbocycles. The Labute approximate surface area is 148 Å². The molecule has 0 aliphatic heterocycles. The number of nitrogens with zero attached hydrogens (tertiary/aromatic N) is 2. The van der Waals surface area contributed by atoms with Crippen molar-refractivity contribution in [3.63, 3.8) is 0 Å². The molecule has 0 aliphatic rings. The van der Waals surface area contributed by atoms with Crippen molar-refractivity contribution in [3.8, 4) is 10.4 Å². The van der Waals surface area contributed by atoms with E-state index in [2.05, 4.69) is 20.0 Å². The summed E-state index contributed by atoms with van der Waals surface area (Å²) in [6.07, 6.45) is 1.31. The SMILES string of the molecule is COC(=O)c1ccc(C(=O)Nc2nc(C)c(-c3ccccc3)s2)nc1. The molecule has 0 bridgehead atoms. The molecular formula is C18H15N3O3S. The van der Waals surface area contributed by atoms with Gasteiger partial charge in [-0.25, -0.2) is 9.78 Å². The van der Waals surface area contributed by atoms with Crippen LogP contribution in [-0.4, -0.2) is 29.0 Å². The van der Waals surface area contributed by atoms with Crippen LogP contribution in [0.1, 0.15) is 26.5 Å². The zero-order valence-electron chi connectivity index (χ0n) is 13.6. The van der Waals surface area contributed by atoms with Gasteiger partial charge >= 0.3 is 5.97 Å². The Kier molecular flexibility index (Phi) is 4.85. The number of pyridine rings is 1. The van der Waals surface area contributed by atoms with E-state index < -0.39 is 5.97 Å². The van der Waals surface area contributed by atoms with Crippen molar-refractivity contribution >= 4 is 28.3 Å². The molecule has 6 nitrogen and oxygen atoms in total. The van der Waals surface area contributed by atoms with Gasteiger partial charge in [-0.05, 0) is 24.6 Å². The molecule has 1 aromatic carbocycles. The van der Waals surface area contributed by atoms with E-state index in [4.69, 9.17) is 0 Å². The molecule has 3 rings (SSSR count). The molecule has 3 aromatic rings. The fraction of sp³-hybridized carbons (Fsp3) is 0.111. The molecule has 0 atom stereocenters. The number of aryl methyl sites for hydroxylation is 1. The monoisotopic (exact) mass is 353 g/mol. The van der Waals surface area contributed by atoms with Gasteiger partial charge in [0.15, 0.2) is 5.13 Å². The summed E-state index contributed by atoms with van der Waals surface area (Å²) in [6, 6.07) is 12.8. The Balaban J connectivity index is 1.76. The standard InChI is InChI=1S/C18H15N3O3S/c1-11-15(12-6-4-3-5-7-12)25-18(20-11)21-16(22)14-9-8-13(10-19-14)17(23)24-2/h3-10H,1-2H3,(H,20,21,22). The van der Waals surface area contributed by atoms with Crippen LogP contribution in [-0.2, 0) is 4.74 Å². The summed E-state index contributed by atoms with van der Waals surface area (Å²) in [5.74, 6) is -0.882. The molecule has 2 heterocycles. The average molecular weight is 353 g/mol. The maximum absolute atomic E-state index is 12.3. The van der Waals surface area contributed by atoms with E-state index in [-0.39, 0.29) is 17.2 Å². The van der Waals surface area contributed by atoms with E-state index >= 15 is 0 Å². The van der Waals surface area contributed by atoms with Crippen LogP contribution >= 0.6 is 11.3 Å². The van der Waals surface area contributed by atoms with Crippen molar-refractivity contribution in [2.45, 2.75) is 6.92 Å². The molecule has 0 fully saturated rings. The number of esters is 1. The minimum atomic E-state index is -0.498. The Morgan fingerprint density at radius 1 is 1.12 bits per heavy atom. The van der Waals surface area contributed by atoms with Crippen molar-refractivity contribution in [1.82, 2.24) is 9.97 Å². The van der Waals surface area contributed by atoms with E-state index in [9.17, 15) is 9.59 Å². The van der Waals surface area contributed by atoms with Crippen LogP contribution in [0.3, 0.4) is 0 Å². The first-order chi connectivity index (χ1) is 12.1. The number of thiazole rings is 1. The topological polar surface area (TPSA) is 81.2 Å². The smallest absolute Gasteiger partial charge is 0.339 e. The van der Waals surface area contributed by atoms with Crippen LogP contribution in [0.5, 0.6) is 0 Å². The lowest BCUT2D eigenvalue weighted by Crippen LogP contribution is -2.14. The third kappa shape index (κ3) is 3.72. The molecule has 0 saturated heterocycles. The third-order valence-electron chi connectivity index (χ3n) is 3.47. The Morgan fingerprint density at radius 3 is 2.52 bits per heavy atom. The lowest BCUT2D eigenvalue weighted by atomic mass is 10.2. The first kappa shape index (κ1) is 16.8. The van der Waals surface area contributed by atoms with E-state index in [1.807, 2.05) is 37.3 Å². The van der Waals surface area contributed by atoms with Gasteiger partial charge in [0.25, 0.3) is 5.91 Å². The van der Waals surface area contributed by atoms with E-state index in [1.54, 1.807) is 0 Å². The zero-order valence-corrected chi connectivity index (χ0v) is 14.5. The summed E-state index contributed by atoms with van der Waals surface area (Å²) < 4.78 is 4.60. The van der Waals surface area contributed by atoms with Gasteiger partial charge in [-0.2, -0.15) is 0 Å². The minimum absolute atomic E-state index is 0.196. The number of carbonyl (C=O) groups is 2. The van der Waals surface area contributed by atoms with Gasteiger partial charge in [-0.1, -0.05) is 41.7 Å². The molecule has 0 radical (unpaired) electrons. The van der Waals surface area contributed by atoms with Crippen molar-refractivity contribution in [3.05, 3.63) is 65.6 Å². The predicted molar refractivity (Wildman–Crippen MR) is 95.8 cm³/mol. The van der Waals surface area contributed by atoms with Crippen molar-refractivity contribution in [2.75, 3.05) is 12.4 Å². The fourth-order valence-corrected chi connectivity index (χ4v) is 3.20. The average Bonchev–Trinajstić information content (AvgIpc) is 3.02. The highest BCUT2D eigenvalue weighted by Crippen LogP contribution is 2.32. The van der Waals surface area contributed by atoms with Crippen molar-refractivity contribution in [2.24, 2.45) is 0 Å². The zero-order chi connectivity index (χ0) is 17.8. The normalized spacial score (nSPS) is 10.3. The number of hydrogen-bond acceptors (Lipinski definition) is 6. The second-order valence-corrected chi connectivity index (χ2v) is 6.18. The van der Waals surface area contributed by atoms with Crippen molar-refractivity contribution < 1.29 is 14.3 Å². The molecule has 1 N–H and O–H groups in total. The van der Waals surface area contributed by atoms with Gasteiger partial charge in [-0.3, -0.25) is 15.1 Å². The van der Waals surface area contributed by atoms with Crippen LogP contribution in [0.2, 0.25) is 0 Å². The largest absolute Gasteiger partial charge is 0.465 e. The fourth-order valence-electron chi connectivity index (χ4n) is 2.24. The highest BCUT2D eigenvalue weighted by Gasteiger charge is 2.14. The number of ether oxygens (including phenoxy) is 1. The lowest BCUT2D eigenvalue weighted by molar-refractivity contribution is 0.0600. The first-order valence-electron chi connectivity index (χ1n) is 7.47. The van der Waals surface area contributed by atoms with E-state index in [0.717, 1.165) is 16.1 Å². The highest BCUT2D eigenvalue weighted by atomic mass is 32.1. The summed E-state index contributed by atoms with van der Waals surface area (Å²) in [5.41, 5.74) is 2.39. The highest BCUT2D eigenvalue weighted by molar-refractivity contribution is 7.19. The third-order valence-corrected chi connectivity index (χ3v) is 4.59. The lowest BCUT2D eigenvalue weighted by Gasteiger charge is -2.02. The number of rotatable bonds is 4. The minimum Gasteiger partial charge on any atom is -0.465 e. The molecule has 1 amide bonds. The van der Waals surface area contributed by atoms with Gasteiger partial charge in [-0.15, -0.1) is 0 Å². The van der Waals surface area contributed by atoms with Crippen LogP contribution in [0, 0.1) is 6.92 Å². The molecule has 126 valence electrons. The quantitative estimate of drug-likeness (QED) is 0.726. The van der Waals surface area contributed by atoms with E-state index in [1.165, 1.54) is 36.8 Å². The van der Waals surface area contributed by atoms with Gasteiger partial charge < -0.3 is 4.74 Å². The van der Waals surface area contributed by atoms with E-state index in [0.29, 0.717) is 5.13 Å². The van der Waals surface area contributed by atoms with Crippen LogP contribution in [0.15, 0.2) is 48.7 Å². The summed E-state index contributed by atoms with van der Waals surface area (Å²) in [7, 11) is 1.29. The van der Waals surface area contributed by atoms with Crippen LogP contribution in [0.4, 0.5) is 5.13 Å². The maximum atomic E-state index is 12.3. The van der Waals surface area contributed by atoms with Crippen LogP contribution in [0.25, 0.3) is 10.4 Å². The second kappa shape index (κ2) is 7.23. The van der Waals surface area contributed by atoms with Gasteiger partial charge in [0.05, 0.1) is 23.2 Å². The molecule has 0 unspecified atom stereocenters. The molecule has 0 spiro atoms. The van der Waals surface area contributed by atoms with Gasteiger partial charge in [0.2, 0.25) is 0 Å². The number of carbonyl (C=O) groups excluding carboxylic acids is 2. The van der Waals surface area contributed by atoms with Gasteiger partial charge in [0, 0.05) is 6.20 Å².